The molecule has 2 heterocycles. The molecule has 0 aliphatic carbocycles. The SMILES string of the molecule is CCOc1ccc(NC(=O)CSc2oc(-c3ccco3)nc2S(=O)(=O)c2ccc(C)cc2)cc1. The molecule has 34 heavy (non-hydrogen) atoms. The predicted octanol–water partition coefficient (Wildman–Crippen LogP) is 5.21. The Labute approximate surface area is 201 Å². The average molecular weight is 499 g/mol. The van der Waals surface area contributed by atoms with E-state index in [0.29, 0.717) is 18.0 Å². The van der Waals surface area contributed by atoms with Gasteiger partial charge in [-0.15, -0.1) is 0 Å². The van der Waals surface area contributed by atoms with Crippen molar-refractivity contribution in [1.82, 2.24) is 4.98 Å². The molecule has 2 aromatic heterocycles. The van der Waals surface area contributed by atoms with Crippen LogP contribution in [0.5, 0.6) is 5.75 Å². The number of aryl methyl sites for hydroxylation is 1. The summed E-state index contributed by atoms with van der Waals surface area (Å²) in [6.45, 7) is 4.31. The molecule has 0 saturated carbocycles. The molecule has 10 heteroatoms. The molecular formula is C24H22N2O6S2. The molecule has 0 radical (unpaired) electrons. The van der Waals surface area contributed by atoms with E-state index in [4.69, 9.17) is 13.6 Å². The van der Waals surface area contributed by atoms with Crippen LogP contribution in [0.3, 0.4) is 0 Å². The number of nitrogens with zero attached hydrogens (tertiary/aromatic N) is 1. The van der Waals surface area contributed by atoms with E-state index in [0.717, 1.165) is 17.3 Å². The summed E-state index contributed by atoms with van der Waals surface area (Å²) >= 11 is 0.942. The summed E-state index contributed by atoms with van der Waals surface area (Å²) in [6.07, 6.45) is 1.44. The molecule has 176 valence electrons. The van der Waals surface area contributed by atoms with E-state index in [1.165, 1.54) is 18.4 Å². The molecule has 0 unspecified atom stereocenters. The lowest BCUT2D eigenvalue weighted by Gasteiger charge is -2.07. The third kappa shape index (κ3) is 5.35. The molecule has 1 N–H and O–H groups in total. The lowest BCUT2D eigenvalue weighted by atomic mass is 10.2. The first kappa shape index (κ1) is 23.7. The Balaban J connectivity index is 1.55. The van der Waals surface area contributed by atoms with Crippen LogP contribution in [0, 0.1) is 6.92 Å². The van der Waals surface area contributed by atoms with Gasteiger partial charge in [-0.1, -0.05) is 29.5 Å². The van der Waals surface area contributed by atoms with E-state index in [2.05, 4.69) is 10.3 Å². The largest absolute Gasteiger partial charge is 0.494 e. The van der Waals surface area contributed by atoms with Gasteiger partial charge in [-0.05, 0) is 62.4 Å². The van der Waals surface area contributed by atoms with Crippen molar-refractivity contribution in [2.24, 2.45) is 0 Å². The van der Waals surface area contributed by atoms with Crippen LogP contribution in [0.2, 0.25) is 0 Å². The molecular weight excluding hydrogens is 476 g/mol. The number of oxazole rings is 1. The second-order valence-electron chi connectivity index (χ2n) is 7.20. The van der Waals surface area contributed by atoms with Crippen molar-refractivity contribution < 1.29 is 26.8 Å². The van der Waals surface area contributed by atoms with Gasteiger partial charge in [0.15, 0.2) is 5.76 Å². The summed E-state index contributed by atoms with van der Waals surface area (Å²) in [4.78, 5) is 16.8. The number of rotatable bonds is 9. The summed E-state index contributed by atoms with van der Waals surface area (Å²) in [7, 11) is -3.99. The number of furan rings is 1. The summed E-state index contributed by atoms with van der Waals surface area (Å²) in [5.41, 5.74) is 1.52. The number of benzene rings is 2. The van der Waals surface area contributed by atoms with Crippen LogP contribution < -0.4 is 10.1 Å². The number of hydrogen-bond donors (Lipinski definition) is 1. The number of carbonyl (C=O) groups is 1. The third-order valence-corrected chi connectivity index (χ3v) is 7.42. The number of carbonyl (C=O) groups excluding carboxylic acids is 1. The fourth-order valence-electron chi connectivity index (χ4n) is 3.02. The van der Waals surface area contributed by atoms with E-state index < -0.39 is 9.84 Å². The number of thioether (sulfide) groups is 1. The summed E-state index contributed by atoms with van der Waals surface area (Å²) in [5, 5.41) is 2.51. The van der Waals surface area contributed by atoms with E-state index in [-0.39, 0.29) is 38.3 Å². The van der Waals surface area contributed by atoms with Crippen LogP contribution in [0.1, 0.15) is 12.5 Å². The van der Waals surface area contributed by atoms with Crippen LogP contribution in [0.15, 0.2) is 90.8 Å². The molecule has 0 aliphatic rings. The molecule has 0 fully saturated rings. The van der Waals surface area contributed by atoms with Gasteiger partial charge in [0.1, 0.15) is 5.75 Å². The molecule has 0 aliphatic heterocycles. The van der Waals surface area contributed by atoms with Crippen molar-refractivity contribution in [2.75, 3.05) is 17.7 Å². The van der Waals surface area contributed by atoms with Crippen molar-refractivity contribution in [3.63, 3.8) is 0 Å². The highest BCUT2D eigenvalue weighted by Crippen LogP contribution is 2.35. The summed E-state index contributed by atoms with van der Waals surface area (Å²) in [6, 6.07) is 16.7. The predicted molar refractivity (Wildman–Crippen MR) is 128 cm³/mol. The quantitative estimate of drug-likeness (QED) is 0.313. The molecule has 8 nitrogen and oxygen atoms in total. The van der Waals surface area contributed by atoms with E-state index in [1.54, 1.807) is 48.5 Å². The number of sulfone groups is 1. The number of hydrogen-bond acceptors (Lipinski definition) is 8. The number of anilines is 1. The Morgan fingerprint density at radius 3 is 2.47 bits per heavy atom. The number of aromatic nitrogens is 1. The standard InChI is InChI=1S/C24H22N2O6S2/c1-3-30-18-10-8-17(9-11-18)25-21(27)15-33-24-23(26-22(32-24)20-5-4-14-31-20)34(28,29)19-12-6-16(2)7-13-19/h4-14H,3,15H2,1-2H3,(H,25,27). The Hall–Kier alpha value is -3.50. The lowest BCUT2D eigenvalue weighted by molar-refractivity contribution is -0.113. The average Bonchev–Trinajstić information content (AvgIpc) is 3.50. The maximum atomic E-state index is 13.3. The van der Waals surface area contributed by atoms with Crippen LogP contribution in [0.4, 0.5) is 5.69 Å². The molecule has 0 atom stereocenters. The smallest absolute Gasteiger partial charge is 0.265 e. The number of amides is 1. The van der Waals surface area contributed by atoms with Gasteiger partial charge in [-0.3, -0.25) is 4.79 Å². The molecule has 1 amide bonds. The molecule has 4 rings (SSSR count). The van der Waals surface area contributed by atoms with Crippen molar-refractivity contribution in [1.29, 1.82) is 0 Å². The second kappa shape index (κ2) is 10.2. The maximum Gasteiger partial charge on any atom is 0.265 e. The van der Waals surface area contributed by atoms with Crippen LogP contribution >= 0.6 is 11.8 Å². The Morgan fingerprint density at radius 2 is 1.82 bits per heavy atom. The fraction of sp³-hybridized carbons (Fsp3) is 0.167. The third-order valence-electron chi connectivity index (χ3n) is 4.67. The first-order chi connectivity index (χ1) is 16.4. The van der Waals surface area contributed by atoms with Gasteiger partial charge in [0, 0.05) is 5.69 Å². The second-order valence-corrected chi connectivity index (χ2v) is 10.0. The maximum absolute atomic E-state index is 13.3. The van der Waals surface area contributed by atoms with Gasteiger partial charge in [0.05, 0.1) is 23.5 Å². The van der Waals surface area contributed by atoms with Gasteiger partial charge in [-0.2, -0.15) is 4.98 Å². The Morgan fingerprint density at radius 1 is 1.09 bits per heavy atom. The molecule has 0 bridgehead atoms. The molecule has 0 saturated heterocycles. The van der Waals surface area contributed by atoms with E-state index in [9.17, 15) is 13.2 Å². The van der Waals surface area contributed by atoms with Gasteiger partial charge in [0.25, 0.3) is 5.89 Å². The zero-order chi connectivity index (χ0) is 24.1. The molecule has 4 aromatic rings. The minimum absolute atomic E-state index is 0.00817. The highest BCUT2D eigenvalue weighted by molar-refractivity contribution is 8.00. The van der Waals surface area contributed by atoms with Crippen molar-refractivity contribution in [3.05, 3.63) is 72.5 Å². The normalized spacial score (nSPS) is 11.4. The molecule has 2 aromatic carbocycles. The zero-order valence-corrected chi connectivity index (χ0v) is 20.1. The highest BCUT2D eigenvalue weighted by Gasteiger charge is 2.29. The zero-order valence-electron chi connectivity index (χ0n) is 18.5. The fourth-order valence-corrected chi connectivity index (χ4v) is 5.35. The Bertz CT molecular complexity index is 1360. The molecule has 0 spiro atoms. The van der Waals surface area contributed by atoms with Crippen LogP contribution in [0.25, 0.3) is 11.7 Å². The van der Waals surface area contributed by atoms with Crippen molar-refractivity contribution in [2.45, 2.75) is 28.9 Å². The van der Waals surface area contributed by atoms with Gasteiger partial charge in [0.2, 0.25) is 25.9 Å². The minimum atomic E-state index is -3.99. The van der Waals surface area contributed by atoms with Crippen LogP contribution in [-0.4, -0.2) is 31.7 Å². The van der Waals surface area contributed by atoms with Crippen molar-refractivity contribution in [3.8, 4) is 17.4 Å². The highest BCUT2D eigenvalue weighted by atomic mass is 32.2. The van der Waals surface area contributed by atoms with E-state index >= 15 is 0 Å². The van der Waals surface area contributed by atoms with Crippen LogP contribution in [-0.2, 0) is 14.6 Å². The summed E-state index contributed by atoms with van der Waals surface area (Å²) < 4.78 is 43.0. The number of ether oxygens (including phenoxy) is 1. The Kier molecular flexibility index (Phi) is 7.09. The topological polar surface area (TPSA) is 112 Å². The van der Waals surface area contributed by atoms with Crippen molar-refractivity contribution >= 4 is 33.2 Å². The monoisotopic (exact) mass is 498 g/mol. The first-order valence-corrected chi connectivity index (χ1v) is 12.9. The van der Waals surface area contributed by atoms with Gasteiger partial charge < -0.3 is 18.9 Å². The lowest BCUT2D eigenvalue weighted by Crippen LogP contribution is -2.14. The first-order valence-electron chi connectivity index (χ1n) is 10.4. The summed E-state index contributed by atoms with van der Waals surface area (Å²) in [5.74, 6) is 0.587. The van der Waals surface area contributed by atoms with Gasteiger partial charge in [-0.25, -0.2) is 8.42 Å². The number of nitrogens with one attached hydrogen (secondary N) is 1. The minimum Gasteiger partial charge on any atom is -0.494 e. The van der Waals surface area contributed by atoms with E-state index in [1.807, 2.05) is 13.8 Å². The van der Waals surface area contributed by atoms with Gasteiger partial charge >= 0.3 is 0 Å².